The minimum atomic E-state index is -1.38. The van der Waals surface area contributed by atoms with Crippen molar-refractivity contribution in [3.05, 3.63) is 102 Å². The molecule has 0 aliphatic carbocycles. The molecule has 0 saturated carbocycles. The summed E-state index contributed by atoms with van der Waals surface area (Å²) in [6.07, 6.45) is 0. The highest BCUT2D eigenvalue weighted by Gasteiger charge is 2.77. The van der Waals surface area contributed by atoms with E-state index < -0.39 is 40.8 Å². The zero-order valence-corrected chi connectivity index (χ0v) is 21.5. The van der Waals surface area contributed by atoms with E-state index in [1.165, 1.54) is 4.90 Å². The zero-order valence-electron chi connectivity index (χ0n) is 20.6. The highest BCUT2D eigenvalue weighted by atomic mass is 32.1. The molecule has 8 heteroatoms. The number of fused-ring (bicyclic) bond motifs is 1. The molecule has 3 unspecified atom stereocenters. The number of likely N-dealkylation sites (tertiary alicyclic amines) is 2. The summed E-state index contributed by atoms with van der Waals surface area (Å²) in [5.41, 5.74) is -0.158. The van der Waals surface area contributed by atoms with Gasteiger partial charge >= 0.3 is 5.97 Å². The average molecular weight is 517 g/mol. The van der Waals surface area contributed by atoms with E-state index in [9.17, 15) is 19.5 Å². The molecule has 0 radical (unpaired) electrons. The molecule has 1 N–H and O–H groups in total. The first kappa shape index (κ1) is 24.9. The molecule has 3 aromatic rings. The molecule has 3 aromatic carbocycles. The van der Waals surface area contributed by atoms with Crippen LogP contribution in [0.5, 0.6) is 5.75 Å². The van der Waals surface area contributed by atoms with Crippen molar-refractivity contribution in [3.8, 4) is 5.75 Å². The van der Waals surface area contributed by atoms with E-state index in [-0.39, 0.29) is 5.91 Å². The van der Waals surface area contributed by atoms with Crippen molar-refractivity contribution in [1.82, 2.24) is 9.80 Å². The first-order valence-corrected chi connectivity index (χ1v) is 12.6. The molecule has 7 nitrogen and oxygen atoms in total. The van der Waals surface area contributed by atoms with Gasteiger partial charge in [0.2, 0.25) is 0 Å². The quantitative estimate of drug-likeness (QED) is 0.366. The van der Waals surface area contributed by atoms with Gasteiger partial charge in [-0.15, -0.1) is 0 Å². The minimum absolute atomic E-state index is 0.306. The number of ether oxygens (including phenoxy) is 1. The van der Waals surface area contributed by atoms with Crippen molar-refractivity contribution in [3.63, 3.8) is 0 Å². The largest absolute Gasteiger partial charge is 0.489 e. The first-order chi connectivity index (χ1) is 17.7. The Labute approximate surface area is 221 Å². The maximum atomic E-state index is 14.0. The SMILES string of the molecule is CC1(C)C(S)C2N(CC(=O)O)C(=O)C2(c2ccc(OCc3ccccc3)cc2)N1C(=O)c1ccccc1. The molecule has 2 heterocycles. The molecule has 3 atom stereocenters. The minimum Gasteiger partial charge on any atom is -0.489 e. The van der Waals surface area contributed by atoms with Crippen LogP contribution in [0.2, 0.25) is 0 Å². The van der Waals surface area contributed by atoms with E-state index in [2.05, 4.69) is 0 Å². The van der Waals surface area contributed by atoms with Crippen molar-refractivity contribution < 1.29 is 24.2 Å². The molecule has 0 aromatic heterocycles. The molecule has 2 saturated heterocycles. The predicted octanol–water partition coefficient (Wildman–Crippen LogP) is 3.99. The third-order valence-corrected chi connectivity index (χ3v) is 8.29. The second-order valence-electron chi connectivity index (χ2n) is 9.94. The lowest BCUT2D eigenvalue weighted by molar-refractivity contribution is -0.172. The number of hydrogen-bond acceptors (Lipinski definition) is 5. The number of rotatable bonds is 7. The topological polar surface area (TPSA) is 87.2 Å². The Morgan fingerprint density at radius 1 is 0.946 bits per heavy atom. The second-order valence-corrected chi connectivity index (χ2v) is 10.5. The van der Waals surface area contributed by atoms with Gasteiger partial charge in [0.05, 0.1) is 11.6 Å². The number of thiol groups is 1. The monoisotopic (exact) mass is 516 g/mol. The van der Waals surface area contributed by atoms with Gasteiger partial charge in [-0.25, -0.2) is 0 Å². The van der Waals surface area contributed by atoms with Crippen molar-refractivity contribution in [2.45, 2.75) is 42.8 Å². The lowest BCUT2D eigenvalue weighted by Crippen LogP contribution is -2.76. The number of aliphatic carboxylic acids is 1. The number of carbonyl (C=O) groups is 3. The fraction of sp³-hybridized carbons (Fsp3) is 0.276. The summed E-state index contributed by atoms with van der Waals surface area (Å²) in [6.45, 7) is 3.68. The van der Waals surface area contributed by atoms with Crippen LogP contribution in [0, 0.1) is 0 Å². The van der Waals surface area contributed by atoms with Crippen molar-refractivity contribution in [1.29, 1.82) is 0 Å². The van der Waals surface area contributed by atoms with Crippen LogP contribution in [0.1, 0.15) is 35.3 Å². The van der Waals surface area contributed by atoms with Crippen LogP contribution in [-0.2, 0) is 21.7 Å². The number of hydrogen-bond donors (Lipinski definition) is 2. The third-order valence-electron chi connectivity index (χ3n) is 7.37. The standard InChI is InChI=1S/C29H28N2O5S/c1-28(2)25(37)24-29(27(35)30(24)17-23(32)33,31(28)26(34)20-11-7-4-8-12-20)21-13-15-22(16-14-21)36-18-19-9-5-3-6-10-19/h3-16,24-25,37H,17-18H2,1-2H3,(H,32,33). The normalized spacial score (nSPS) is 23.8. The molecule has 0 bridgehead atoms. The summed E-state index contributed by atoms with van der Waals surface area (Å²) < 4.78 is 5.93. The Morgan fingerprint density at radius 2 is 1.54 bits per heavy atom. The predicted molar refractivity (Wildman–Crippen MR) is 141 cm³/mol. The van der Waals surface area contributed by atoms with Crippen LogP contribution in [0.25, 0.3) is 0 Å². The van der Waals surface area contributed by atoms with Gasteiger partial charge in [0.15, 0.2) is 5.54 Å². The van der Waals surface area contributed by atoms with Crippen molar-refractivity contribution >= 4 is 30.4 Å². The van der Waals surface area contributed by atoms with Gasteiger partial charge in [-0.3, -0.25) is 14.4 Å². The number of carboxylic acids is 1. The molecule has 2 aliphatic rings. The molecule has 2 amide bonds. The number of carboxylic acid groups (broad SMARTS) is 1. The molecule has 2 aliphatic heterocycles. The van der Waals surface area contributed by atoms with Crippen LogP contribution >= 0.6 is 12.6 Å². The average Bonchev–Trinajstić information content (AvgIpc) is 3.07. The van der Waals surface area contributed by atoms with E-state index in [0.29, 0.717) is 23.5 Å². The Hall–Kier alpha value is -3.78. The second kappa shape index (κ2) is 9.27. The fourth-order valence-electron chi connectivity index (χ4n) is 5.65. The van der Waals surface area contributed by atoms with E-state index in [1.54, 1.807) is 53.4 Å². The molecule has 37 heavy (non-hydrogen) atoms. The maximum absolute atomic E-state index is 14.0. The number of nitrogens with zero attached hydrogens (tertiary/aromatic N) is 2. The Balaban J connectivity index is 1.55. The summed E-state index contributed by atoms with van der Waals surface area (Å²) in [6, 6.07) is 25.1. The van der Waals surface area contributed by atoms with Crippen LogP contribution in [0.4, 0.5) is 0 Å². The molecule has 190 valence electrons. The Morgan fingerprint density at radius 3 is 2.14 bits per heavy atom. The van der Waals surface area contributed by atoms with E-state index >= 15 is 0 Å². The molecular formula is C29H28N2O5S. The van der Waals surface area contributed by atoms with E-state index in [1.807, 2.05) is 50.2 Å². The molecular weight excluding hydrogens is 488 g/mol. The highest BCUT2D eigenvalue weighted by Crippen LogP contribution is 2.58. The first-order valence-electron chi connectivity index (χ1n) is 12.1. The van der Waals surface area contributed by atoms with Gasteiger partial charge in [-0.1, -0.05) is 60.7 Å². The summed E-state index contributed by atoms with van der Waals surface area (Å²) >= 11 is 4.86. The number of β-lactam (4-membered cyclic amide) rings is 1. The van der Waals surface area contributed by atoms with Gasteiger partial charge in [0.1, 0.15) is 18.9 Å². The summed E-state index contributed by atoms with van der Waals surface area (Å²) in [5, 5.41) is 9.00. The third kappa shape index (κ3) is 3.87. The smallest absolute Gasteiger partial charge is 0.323 e. The molecule has 5 rings (SSSR count). The Bertz CT molecular complexity index is 1330. The van der Waals surface area contributed by atoms with Crippen LogP contribution < -0.4 is 4.74 Å². The van der Waals surface area contributed by atoms with Gasteiger partial charge in [-0.05, 0) is 49.2 Å². The van der Waals surface area contributed by atoms with E-state index in [4.69, 9.17) is 17.4 Å². The van der Waals surface area contributed by atoms with Gasteiger partial charge in [0, 0.05) is 10.8 Å². The van der Waals surface area contributed by atoms with Gasteiger partial charge < -0.3 is 19.6 Å². The lowest BCUT2D eigenvalue weighted by Gasteiger charge is -2.56. The van der Waals surface area contributed by atoms with Crippen LogP contribution in [0.15, 0.2) is 84.9 Å². The van der Waals surface area contributed by atoms with Gasteiger partial charge in [-0.2, -0.15) is 12.6 Å². The number of carbonyl (C=O) groups excluding carboxylic acids is 2. The zero-order chi connectivity index (χ0) is 26.4. The van der Waals surface area contributed by atoms with Crippen LogP contribution in [-0.4, -0.2) is 56.1 Å². The van der Waals surface area contributed by atoms with Crippen LogP contribution in [0.3, 0.4) is 0 Å². The van der Waals surface area contributed by atoms with Crippen molar-refractivity contribution in [2.75, 3.05) is 6.54 Å². The number of amides is 2. The highest BCUT2D eigenvalue weighted by molar-refractivity contribution is 7.81. The van der Waals surface area contributed by atoms with Crippen molar-refractivity contribution in [2.24, 2.45) is 0 Å². The summed E-state index contributed by atoms with van der Waals surface area (Å²) in [4.78, 5) is 42.4. The molecule has 2 fully saturated rings. The van der Waals surface area contributed by atoms with Gasteiger partial charge in [0.25, 0.3) is 11.8 Å². The van der Waals surface area contributed by atoms with E-state index in [0.717, 1.165) is 5.56 Å². The fourth-order valence-corrected chi connectivity index (χ4v) is 6.14. The molecule has 0 spiro atoms. The number of benzene rings is 3. The Kier molecular flexibility index (Phi) is 6.23. The summed E-state index contributed by atoms with van der Waals surface area (Å²) in [5.74, 6) is -1.22. The maximum Gasteiger partial charge on any atom is 0.323 e. The lowest BCUT2D eigenvalue weighted by atomic mass is 9.73. The summed E-state index contributed by atoms with van der Waals surface area (Å²) in [7, 11) is 0.